The molecule has 1 N–H and O–H groups in total. The number of nitrogens with one attached hydrogen (secondary N) is 1. The van der Waals surface area contributed by atoms with Gasteiger partial charge in [0.15, 0.2) is 0 Å². The zero-order valence-corrected chi connectivity index (χ0v) is 11.8. The van der Waals surface area contributed by atoms with Gasteiger partial charge in [0.1, 0.15) is 5.02 Å². The fourth-order valence-electron chi connectivity index (χ4n) is 1.76. The molecule has 5 nitrogen and oxygen atoms in total. The summed E-state index contributed by atoms with van der Waals surface area (Å²) in [6.07, 6.45) is 4.84. The number of aromatic nitrogens is 3. The minimum Gasteiger partial charge on any atom is -0.374 e. The molecule has 1 unspecified atom stereocenters. The number of nitrogens with zero attached hydrogens (tertiary/aromatic N) is 3. The zero-order chi connectivity index (χ0) is 14.5. The van der Waals surface area contributed by atoms with E-state index in [1.54, 1.807) is 12.3 Å². The molecule has 0 bridgehead atoms. The van der Waals surface area contributed by atoms with Crippen LogP contribution in [0.1, 0.15) is 18.7 Å². The second-order valence-corrected chi connectivity index (χ2v) is 4.65. The SMILES string of the molecule is C=CCn1ncc(NC(C)c2ccccn2)c(Cl)c1=O. The molecule has 20 heavy (non-hydrogen) atoms. The zero-order valence-electron chi connectivity index (χ0n) is 11.1. The van der Waals surface area contributed by atoms with Crippen LogP contribution in [-0.2, 0) is 6.54 Å². The van der Waals surface area contributed by atoms with Crippen LogP contribution in [0.15, 0.2) is 48.0 Å². The van der Waals surface area contributed by atoms with Crippen molar-refractivity contribution in [1.29, 1.82) is 0 Å². The largest absolute Gasteiger partial charge is 0.374 e. The molecular formula is C14H15ClN4O. The molecule has 0 saturated carbocycles. The van der Waals surface area contributed by atoms with Crippen molar-refractivity contribution >= 4 is 17.3 Å². The Morgan fingerprint density at radius 2 is 2.35 bits per heavy atom. The highest BCUT2D eigenvalue weighted by atomic mass is 35.5. The van der Waals surface area contributed by atoms with E-state index in [-0.39, 0.29) is 16.6 Å². The Hall–Kier alpha value is -2.14. The van der Waals surface area contributed by atoms with Gasteiger partial charge in [-0.25, -0.2) is 4.68 Å². The molecular weight excluding hydrogens is 276 g/mol. The lowest BCUT2D eigenvalue weighted by Crippen LogP contribution is -2.24. The Kier molecular flexibility index (Phi) is 4.53. The molecule has 0 spiro atoms. The van der Waals surface area contributed by atoms with Crippen LogP contribution in [0, 0.1) is 0 Å². The maximum absolute atomic E-state index is 12.0. The third kappa shape index (κ3) is 3.05. The molecule has 0 aliphatic rings. The van der Waals surface area contributed by atoms with E-state index < -0.39 is 0 Å². The van der Waals surface area contributed by atoms with E-state index in [1.807, 2.05) is 25.1 Å². The van der Waals surface area contributed by atoms with Gasteiger partial charge in [0, 0.05) is 6.20 Å². The van der Waals surface area contributed by atoms with Crippen molar-refractivity contribution in [2.45, 2.75) is 19.5 Å². The molecule has 2 aromatic heterocycles. The van der Waals surface area contributed by atoms with E-state index in [2.05, 4.69) is 22.0 Å². The molecule has 0 aliphatic carbocycles. The molecule has 1 atom stereocenters. The van der Waals surface area contributed by atoms with Gasteiger partial charge in [0.2, 0.25) is 0 Å². The minimum atomic E-state index is -0.343. The second-order valence-electron chi connectivity index (χ2n) is 4.27. The summed E-state index contributed by atoms with van der Waals surface area (Å²) in [5.41, 5.74) is 1.01. The van der Waals surface area contributed by atoms with Crippen molar-refractivity contribution in [2.75, 3.05) is 5.32 Å². The third-order valence-corrected chi connectivity index (χ3v) is 3.16. The van der Waals surface area contributed by atoms with Gasteiger partial charge in [-0.05, 0) is 19.1 Å². The quantitative estimate of drug-likeness (QED) is 0.860. The first kappa shape index (κ1) is 14.3. The molecule has 0 fully saturated rings. The molecule has 6 heteroatoms. The minimum absolute atomic E-state index is 0.0786. The van der Waals surface area contributed by atoms with Crippen LogP contribution in [-0.4, -0.2) is 14.8 Å². The number of allylic oxidation sites excluding steroid dienone is 1. The van der Waals surface area contributed by atoms with Gasteiger partial charge in [-0.2, -0.15) is 5.10 Å². The molecule has 0 radical (unpaired) electrons. The number of hydrogen-bond donors (Lipinski definition) is 1. The lowest BCUT2D eigenvalue weighted by Gasteiger charge is -2.15. The fraction of sp³-hybridized carbons (Fsp3) is 0.214. The van der Waals surface area contributed by atoms with Crippen LogP contribution in [0.5, 0.6) is 0 Å². The summed E-state index contributed by atoms with van der Waals surface area (Å²) >= 11 is 6.08. The highest BCUT2D eigenvalue weighted by Crippen LogP contribution is 2.21. The van der Waals surface area contributed by atoms with Gasteiger partial charge < -0.3 is 5.32 Å². The molecule has 0 amide bonds. The van der Waals surface area contributed by atoms with Crippen molar-refractivity contribution in [1.82, 2.24) is 14.8 Å². The van der Waals surface area contributed by atoms with E-state index in [9.17, 15) is 4.79 Å². The normalized spacial score (nSPS) is 11.9. The highest BCUT2D eigenvalue weighted by Gasteiger charge is 2.12. The van der Waals surface area contributed by atoms with Crippen LogP contribution >= 0.6 is 11.6 Å². The Labute approximate surface area is 121 Å². The summed E-state index contributed by atoms with van der Waals surface area (Å²) in [7, 11) is 0. The molecule has 0 saturated heterocycles. The van der Waals surface area contributed by atoms with Crippen molar-refractivity contribution in [2.24, 2.45) is 0 Å². The van der Waals surface area contributed by atoms with Gasteiger partial charge in [0.25, 0.3) is 5.56 Å². The monoisotopic (exact) mass is 290 g/mol. The third-order valence-electron chi connectivity index (χ3n) is 2.79. The van der Waals surface area contributed by atoms with E-state index in [0.29, 0.717) is 12.2 Å². The first-order valence-electron chi connectivity index (χ1n) is 6.17. The van der Waals surface area contributed by atoms with E-state index in [0.717, 1.165) is 5.69 Å². The van der Waals surface area contributed by atoms with Gasteiger partial charge in [-0.1, -0.05) is 23.7 Å². The van der Waals surface area contributed by atoms with Crippen molar-refractivity contribution < 1.29 is 0 Å². The number of pyridine rings is 1. The van der Waals surface area contributed by atoms with E-state index in [1.165, 1.54) is 10.9 Å². The average molecular weight is 291 g/mol. The summed E-state index contributed by atoms with van der Waals surface area (Å²) in [5, 5.41) is 7.30. The Morgan fingerprint density at radius 3 is 3.00 bits per heavy atom. The van der Waals surface area contributed by atoms with Gasteiger partial charge in [-0.15, -0.1) is 6.58 Å². The number of halogens is 1. The van der Waals surface area contributed by atoms with Crippen LogP contribution < -0.4 is 10.9 Å². The lowest BCUT2D eigenvalue weighted by molar-refractivity contribution is 0.651. The van der Waals surface area contributed by atoms with Crippen molar-refractivity contribution in [3.63, 3.8) is 0 Å². The first-order valence-corrected chi connectivity index (χ1v) is 6.55. The standard InChI is InChI=1S/C14H15ClN4O/c1-3-8-19-14(20)13(15)12(9-17-19)18-10(2)11-6-4-5-7-16-11/h3-7,9-10,18H,1,8H2,2H3. The summed E-state index contributed by atoms with van der Waals surface area (Å²) in [6, 6.07) is 5.58. The van der Waals surface area contributed by atoms with Crippen molar-refractivity contribution in [3.8, 4) is 0 Å². The molecule has 0 aliphatic heterocycles. The Balaban J connectivity index is 2.24. The smallest absolute Gasteiger partial charge is 0.287 e. The number of hydrogen-bond acceptors (Lipinski definition) is 4. The van der Waals surface area contributed by atoms with Gasteiger partial charge >= 0.3 is 0 Å². The highest BCUT2D eigenvalue weighted by molar-refractivity contribution is 6.32. The first-order chi connectivity index (χ1) is 9.63. The molecule has 2 heterocycles. The fourth-order valence-corrected chi connectivity index (χ4v) is 1.96. The summed E-state index contributed by atoms with van der Waals surface area (Å²) in [4.78, 5) is 16.2. The second kappa shape index (κ2) is 6.34. The molecule has 2 rings (SSSR count). The summed E-state index contributed by atoms with van der Waals surface area (Å²) < 4.78 is 1.26. The molecule has 104 valence electrons. The maximum Gasteiger partial charge on any atom is 0.287 e. The molecule has 0 aromatic carbocycles. The predicted octanol–water partition coefficient (Wildman–Crippen LogP) is 2.65. The van der Waals surface area contributed by atoms with E-state index in [4.69, 9.17) is 11.6 Å². The average Bonchev–Trinajstić information content (AvgIpc) is 2.48. The van der Waals surface area contributed by atoms with Gasteiger partial charge in [0.05, 0.1) is 30.2 Å². The maximum atomic E-state index is 12.0. The summed E-state index contributed by atoms with van der Waals surface area (Å²) in [6.45, 7) is 5.84. The van der Waals surface area contributed by atoms with Crippen molar-refractivity contribution in [3.05, 3.63) is 64.3 Å². The van der Waals surface area contributed by atoms with Crippen LogP contribution in [0.2, 0.25) is 5.02 Å². The predicted molar refractivity (Wildman–Crippen MR) is 80.0 cm³/mol. The van der Waals surface area contributed by atoms with Crippen LogP contribution in [0.4, 0.5) is 5.69 Å². The topological polar surface area (TPSA) is 59.8 Å². The molecule has 2 aromatic rings. The number of rotatable bonds is 5. The van der Waals surface area contributed by atoms with Crippen LogP contribution in [0.3, 0.4) is 0 Å². The summed E-state index contributed by atoms with van der Waals surface area (Å²) in [5.74, 6) is 0. The number of anilines is 1. The lowest BCUT2D eigenvalue weighted by atomic mass is 10.2. The van der Waals surface area contributed by atoms with Crippen LogP contribution in [0.25, 0.3) is 0 Å². The Bertz CT molecular complexity index is 654. The van der Waals surface area contributed by atoms with E-state index >= 15 is 0 Å². The Morgan fingerprint density at radius 1 is 1.55 bits per heavy atom. The van der Waals surface area contributed by atoms with Gasteiger partial charge in [-0.3, -0.25) is 9.78 Å².